The fourth-order valence-electron chi connectivity index (χ4n) is 3.75. The van der Waals surface area contributed by atoms with Crippen LogP contribution in [0.2, 0.25) is 5.02 Å². The molecule has 0 spiro atoms. The van der Waals surface area contributed by atoms with Crippen molar-refractivity contribution in [3.05, 3.63) is 74.0 Å². The molecule has 8 nitrogen and oxygen atoms in total. The van der Waals surface area contributed by atoms with Gasteiger partial charge in [0.2, 0.25) is 10.9 Å². The maximum Gasteiger partial charge on any atom is 0.297 e. The average molecular weight is 456 g/mol. The van der Waals surface area contributed by atoms with E-state index in [1.807, 2.05) is 0 Å². The summed E-state index contributed by atoms with van der Waals surface area (Å²) in [5, 5.41) is 8.93. The molecule has 0 N–H and O–H groups in total. The third-order valence-electron chi connectivity index (χ3n) is 5.11. The molecule has 10 heteroatoms. The zero-order chi connectivity index (χ0) is 21.7. The molecule has 0 saturated heterocycles. The summed E-state index contributed by atoms with van der Waals surface area (Å²) in [4.78, 5) is 28.3. The third kappa shape index (κ3) is 2.96. The molecule has 1 aliphatic heterocycles. The zero-order valence-corrected chi connectivity index (χ0v) is 17.9. The summed E-state index contributed by atoms with van der Waals surface area (Å²) in [7, 11) is 3.05. The molecule has 1 atom stereocenters. The predicted molar refractivity (Wildman–Crippen MR) is 116 cm³/mol. The summed E-state index contributed by atoms with van der Waals surface area (Å²) in [6.45, 7) is 0. The number of hydrogen-bond acceptors (Lipinski definition) is 8. The number of methoxy groups -OCH3 is 2. The fourth-order valence-corrected chi connectivity index (χ4v) is 4.51. The van der Waals surface area contributed by atoms with Crippen LogP contribution in [0, 0.1) is 0 Å². The Bertz CT molecular complexity index is 1390. The second-order valence-corrected chi connectivity index (χ2v) is 7.98. The lowest BCUT2D eigenvalue weighted by molar-refractivity contribution is 0.0970. The molecule has 1 amide bonds. The van der Waals surface area contributed by atoms with Crippen molar-refractivity contribution in [3.8, 4) is 11.5 Å². The van der Waals surface area contributed by atoms with Crippen molar-refractivity contribution in [2.75, 3.05) is 19.1 Å². The highest BCUT2D eigenvalue weighted by molar-refractivity contribution is 7.13. The molecule has 0 unspecified atom stereocenters. The van der Waals surface area contributed by atoms with Crippen LogP contribution in [0.1, 0.15) is 27.7 Å². The lowest BCUT2D eigenvalue weighted by Gasteiger charge is -2.22. The number of hydrogen-bond donors (Lipinski definition) is 0. The third-order valence-corrected chi connectivity index (χ3v) is 6.03. The number of fused-ring (bicyclic) bond motifs is 2. The normalized spacial score (nSPS) is 15.4. The first-order valence-corrected chi connectivity index (χ1v) is 10.4. The van der Waals surface area contributed by atoms with Crippen LogP contribution < -0.4 is 19.8 Å². The van der Waals surface area contributed by atoms with Crippen molar-refractivity contribution >= 4 is 44.9 Å². The van der Waals surface area contributed by atoms with Gasteiger partial charge in [0.15, 0.2) is 16.9 Å². The Hall–Kier alpha value is -3.43. The molecule has 0 saturated carbocycles. The van der Waals surface area contributed by atoms with Crippen LogP contribution in [-0.4, -0.2) is 30.3 Å². The van der Waals surface area contributed by atoms with E-state index in [9.17, 15) is 9.59 Å². The first-order valence-electron chi connectivity index (χ1n) is 9.11. The molecular formula is C21H14ClN3O5S. The Balaban J connectivity index is 1.81. The summed E-state index contributed by atoms with van der Waals surface area (Å²) in [6.07, 6.45) is 0. The summed E-state index contributed by atoms with van der Waals surface area (Å²) < 4.78 is 16.6. The smallest absolute Gasteiger partial charge is 0.297 e. The molecule has 5 rings (SSSR count). The summed E-state index contributed by atoms with van der Waals surface area (Å²) in [5.41, 5.74) is 2.31. The van der Waals surface area contributed by atoms with E-state index in [4.69, 9.17) is 25.5 Å². The Labute approximate surface area is 184 Å². The topological polar surface area (TPSA) is 94.8 Å². The van der Waals surface area contributed by atoms with Crippen LogP contribution in [-0.2, 0) is 0 Å². The summed E-state index contributed by atoms with van der Waals surface area (Å²) >= 11 is 7.29. The number of amides is 1. The molecule has 4 aromatic rings. The van der Waals surface area contributed by atoms with Gasteiger partial charge < -0.3 is 13.9 Å². The SMILES string of the molecule is COc1ccc([C@H]2c3c(oc4ccc(Cl)cc4c3=O)C(=O)N2c2nncs2)cc1OC. The van der Waals surface area contributed by atoms with E-state index in [1.165, 1.54) is 42.0 Å². The van der Waals surface area contributed by atoms with E-state index >= 15 is 0 Å². The van der Waals surface area contributed by atoms with E-state index in [0.717, 1.165) is 0 Å². The molecule has 2 aromatic heterocycles. The molecule has 3 heterocycles. The van der Waals surface area contributed by atoms with Crippen LogP contribution in [0.25, 0.3) is 11.0 Å². The summed E-state index contributed by atoms with van der Waals surface area (Å²) in [6, 6.07) is 9.14. The van der Waals surface area contributed by atoms with Crippen molar-refractivity contribution in [2.24, 2.45) is 0 Å². The van der Waals surface area contributed by atoms with Crippen LogP contribution in [0.15, 0.2) is 51.1 Å². The van der Waals surface area contributed by atoms with Gasteiger partial charge in [0, 0.05) is 5.02 Å². The highest BCUT2D eigenvalue weighted by Gasteiger charge is 2.45. The number of ether oxygens (including phenoxy) is 2. The fraction of sp³-hybridized carbons (Fsp3) is 0.143. The lowest BCUT2D eigenvalue weighted by atomic mass is 9.98. The molecule has 0 aliphatic carbocycles. The number of rotatable bonds is 4. The highest BCUT2D eigenvalue weighted by Crippen LogP contribution is 2.43. The molecule has 2 aromatic carbocycles. The minimum absolute atomic E-state index is 0.0326. The highest BCUT2D eigenvalue weighted by atomic mass is 35.5. The van der Waals surface area contributed by atoms with Gasteiger partial charge >= 0.3 is 0 Å². The number of halogens is 1. The van der Waals surface area contributed by atoms with Gasteiger partial charge in [-0.1, -0.05) is 29.0 Å². The number of aromatic nitrogens is 2. The minimum Gasteiger partial charge on any atom is -0.493 e. The van der Waals surface area contributed by atoms with Crippen molar-refractivity contribution in [1.29, 1.82) is 0 Å². The number of benzene rings is 2. The molecular weight excluding hydrogens is 442 g/mol. The first kappa shape index (κ1) is 19.5. The van der Waals surface area contributed by atoms with E-state index in [-0.39, 0.29) is 22.3 Å². The maximum absolute atomic E-state index is 13.5. The molecule has 1 aliphatic rings. The van der Waals surface area contributed by atoms with Crippen molar-refractivity contribution in [3.63, 3.8) is 0 Å². The Morgan fingerprint density at radius 1 is 1.10 bits per heavy atom. The molecule has 0 fully saturated rings. The van der Waals surface area contributed by atoms with Crippen molar-refractivity contribution in [1.82, 2.24) is 10.2 Å². The summed E-state index contributed by atoms with van der Waals surface area (Å²) in [5.74, 6) is 0.484. The van der Waals surface area contributed by atoms with Gasteiger partial charge in [0.25, 0.3) is 5.91 Å². The largest absolute Gasteiger partial charge is 0.493 e. The minimum atomic E-state index is -0.783. The second kappa shape index (κ2) is 7.36. The quantitative estimate of drug-likeness (QED) is 0.457. The van der Waals surface area contributed by atoms with Crippen LogP contribution in [0.4, 0.5) is 5.13 Å². The van der Waals surface area contributed by atoms with Gasteiger partial charge in [0.05, 0.1) is 31.2 Å². The van der Waals surface area contributed by atoms with Gasteiger partial charge in [-0.15, -0.1) is 10.2 Å². The van der Waals surface area contributed by atoms with Crippen LogP contribution in [0.3, 0.4) is 0 Å². The number of carbonyl (C=O) groups excluding carboxylic acids is 1. The predicted octanol–water partition coefficient (Wildman–Crippen LogP) is 4.06. The average Bonchev–Trinajstić information content (AvgIpc) is 3.40. The molecule has 0 bridgehead atoms. The van der Waals surface area contributed by atoms with E-state index < -0.39 is 11.9 Å². The first-order chi connectivity index (χ1) is 15.0. The standard InChI is InChI=1S/C21H14ClN3O5S/c1-28-14-5-3-10(7-15(14)29-2)17-16-18(26)12-8-11(22)4-6-13(12)30-19(16)20(27)25(17)21-24-23-9-31-21/h3-9,17H,1-2H3/t17-/m0/s1. The van der Waals surface area contributed by atoms with Crippen molar-refractivity contribution < 1.29 is 18.7 Å². The van der Waals surface area contributed by atoms with E-state index in [0.29, 0.717) is 32.6 Å². The van der Waals surface area contributed by atoms with E-state index in [1.54, 1.807) is 30.3 Å². The Kier molecular flexibility index (Phi) is 4.64. The Morgan fingerprint density at radius 2 is 1.90 bits per heavy atom. The van der Waals surface area contributed by atoms with Crippen LogP contribution >= 0.6 is 22.9 Å². The molecule has 156 valence electrons. The maximum atomic E-state index is 13.5. The van der Waals surface area contributed by atoms with Gasteiger partial charge in [-0.05, 0) is 35.9 Å². The molecule has 0 radical (unpaired) electrons. The van der Waals surface area contributed by atoms with Gasteiger partial charge in [-0.3, -0.25) is 14.5 Å². The lowest BCUT2D eigenvalue weighted by Crippen LogP contribution is -2.29. The van der Waals surface area contributed by atoms with Gasteiger partial charge in [-0.2, -0.15) is 0 Å². The number of nitrogens with zero attached hydrogens (tertiary/aromatic N) is 3. The zero-order valence-electron chi connectivity index (χ0n) is 16.3. The Morgan fingerprint density at radius 3 is 2.61 bits per heavy atom. The molecule has 31 heavy (non-hydrogen) atoms. The number of carbonyl (C=O) groups is 1. The van der Waals surface area contributed by atoms with Crippen LogP contribution in [0.5, 0.6) is 11.5 Å². The van der Waals surface area contributed by atoms with Gasteiger partial charge in [-0.25, -0.2) is 0 Å². The monoisotopic (exact) mass is 455 g/mol. The second-order valence-electron chi connectivity index (χ2n) is 6.73. The van der Waals surface area contributed by atoms with Crippen molar-refractivity contribution in [2.45, 2.75) is 6.04 Å². The number of anilines is 1. The van der Waals surface area contributed by atoms with Gasteiger partial charge in [0.1, 0.15) is 11.1 Å². The van der Waals surface area contributed by atoms with E-state index in [2.05, 4.69) is 10.2 Å².